The average molecular weight is 453 g/mol. The van der Waals surface area contributed by atoms with Crippen LogP contribution in [0.3, 0.4) is 0 Å². The van der Waals surface area contributed by atoms with Crippen molar-refractivity contribution in [3.63, 3.8) is 0 Å². The Kier molecular flexibility index (Phi) is 6.38. The lowest BCUT2D eigenvalue weighted by molar-refractivity contribution is -0.113. The van der Waals surface area contributed by atoms with Gasteiger partial charge in [0.05, 0.1) is 11.3 Å². The van der Waals surface area contributed by atoms with Crippen molar-refractivity contribution in [1.82, 2.24) is 14.5 Å². The summed E-state index contributed by atoms with van der Waals surface area (Å²) in [6.07, 6.45) is 3.56. The second-order valence-corrected chi connectivity index (χ2v) is 9.37. The molecule has 0 saturated carbocycles. The first-order valence-corrected chi connectivity index (χ1v) is 12.1. The number of fused-ring (bicyclic) bond motifs is 3. The van der Waals surface area contributed by atoms with Crippen LogP contribution in [0.4, 0.5) is 5.69 Å². The Bertz CT molecular complexity index is 1330. The van der Waals surface area contributed by atoms with Gasteiger partial charge in [-0.25, -0.2) is 9.97 Å². The summed E-state index contributed by atoms with van der Waals surface area (Å²) in [5.41, 5.74) is 3.61. The van der Waals surface area contributed by atoms with E-state index in [1.807, 2.05) is 44.2 Å². The smallest absolute Gasteiger partial charge is 0.272 e. The van der Waals surface area contributed by atoms with Crippen molar-refractivity contribution in [2.45, 2.75) is 45.3 Å². The van der Waals surface area contributed by atoms with Gasteiger partial charge in [0, 0.05) is 23.8 Å². The van der Waals surface area contributed by atoms with Crippen LogP contribution in [0.2, 0.25) is 0 Å². The highest BCUT2D eigenvalue weighted by atomic mass is 32.2. The summed E-state index contributed by atoms with van der Waals surface area (Å²) >= 11 is 2.68. The molecule has 0 fully saturated rings. The zero-order chi connectivity index (χ0) is 22.0. The summed E-state index contributed by atoms with van der Waals surface area (Å²) in [5, 5.41) is 4.43. The van der Waals surface area contributed by atoms with Crippen LogP contribution in [0.1, 0.15) is 30.9 Å². The van der Waals surface area contributed by atoms with Gasteiger partial charge >= 0.3 is 0 Å². The molecule has 31 heavy (non-hydrogen) atoms. The van der Waals surface area contributed by atoms with Crippen molar-refractivity contribution < 1.29 is 4.79 Å². The number of unbranched alkanes of at least 4 members (excludes halogenated alkanes) is 1. The van der Waals surface area contributed by atoms with Gasteiger partial charge in [0.15, 0.2) is 5.16 Å². The van der Waals surface area contributed by atoms with E-state index in [-0.39, 0.29) is 17.2 Å². The van der Waals surface area contributed by atoms with Crippen molar-refractivity contribution in [1.29, 1.82) is 0 Å². The molecule has 0 unspecified atom stereocenters. The van der Waals surface area contributed by atoms with Crippen LogP contribution < -0.4 is 10.9 Å². The van der Waals surface area contributed by atoms with Gasteiger partial charge in [-0.15, -0.1) is 11.3 Å². The first-order chi connectivity index (χ1) is 15.0. The summed E-state index contributed by atoms with van der Waals surface area (Å²) in [6, 6.07) is 9.63. The lowest BCUT2D eigenvalue weighted by atomic mass is 10.1. The number of rotatable bonds is 7. The molecule has 0 aliphatic heterocycles. The van der Waals surface area contributed by atoms with Crippen LogP contribution >= 0.6 is 23.1 Å². The quantitative estimate of drug-likeness (QED) is 0.310. The molecule has 0 bridgehead atoms. The third-order valence-corrected chi connectivity index (χ3v) is 7.33. The van der Waals surface area contributed by atoms with Crippen LogP contribution in [0.25, 0.3) is 20.4 Å². The maximum Gasteiger partial charge on any atom is 0.272 e. The fourth-order valence-corrected chi connectivity index (χ4v) is 5.22. The fraction of sp³-hybridized carbons (Fsp3) is 0.304. The van der Waals surface area contributed by atoms with Crippen LogP contribution in [-0.4, -0.2) is 26.2 Å². The van der Waals surface area contributed by atoms with Gasteiger partial charge in [0.1, 0.15) is 9.53 Å². The number of hydrogen-bond acceptors (Lipinski definition) is 6. The second-order valence-electron chi connectivity index (χ2n) is 7.42. The number of anilines is 1. The minimum Gasteiger partial charge on any atom is -0.325 e. The maximum atomic E-state index is 13.2. The summed E-state index contributed by atoms with van der Waals surface area (Å²) in [4.78, 5) is 35.9. The van der Waals surface area contributed by atoms with Gasteiger partial charge in [0.2, 0.25) is 5.91 Å². The van der Waals surface area contributed by atoms with Gasteiger partial charge in [-0.05, 0) is 49.6 Å². The molecule has 1 aromatic carbocycles. The molecule has 4 aromatic rings. The molecule has 1 amide bonds. The SMILES string of the molecule is CCCCn1c(SCC(=O)Nc2cccc(C)c2C)nc2c(sc3ncccc32)c1=O. The van der Waals surface area contributed by atoms with Gasteiger partial charge in [0.25, 0.3) is 5.56 Å². The van der Waals surface area contributed by atoms with Gasteiger partial charge < -0.3 is 5.32 Å². The zero-order valence-electron chi connectivity index (χ0n) is 17.8. The maximum absolute atomic E-state index is 13.2. The number of benzene rings is 1. The second kappa shape index (κ2) is 9.20. The Morgan fingerprint density at radius 2 is 2.06 bits per heavy atom. The normalized spacial score (nSPS) is 11.3. The van der Waals surface area contributed by atoms with E-state index in [1.165, 1.54) is 23.1 Å². The predicted octanol–water partition coefficient (Wildman–Crippen LogP) is 5.15. The van der Waals surface area contributed by atoms with Crippen LogP contribution in [0, 0.1) is 13.8 Å². The molecule has 8 heteroatoms. The molecule has 6 nitrogen and oxygen atoms in total. The number of aryl methyl sites for hydroxylation is 1. The highest BCUT2D eigenvalue weighted by molar-refractivity contribution is 7.99. The van der Waals surface area contributed by atoms with E-state index in [4.69, 9.17) is 4.98 Å². The lowest BCUT2D eigenvalue weighted by Crippen LogP contribution is -2.23. The molecule has 160 valence electrons. The standard InChI is InChI=1S/C23H24N4O2S2/c1-4-5-12-27-22(29)20-19(16-9-7-11-24-21(16)31-20)26-23(27)30-13-18(28)25-17-10-6-8-14(2)15(17)3/h6-11H,4-5,12-13H2,1-3H3,(H,25,28). The minimum absolute atomic E-state index is 0.0566. The molecule has 0 aliphatic carbocycles. The van der Waals surface area contributed by atoms with Crippen LogP contribution in [0.15, 0.2) is 46.5 Å². The number of aromatic nitrogens is 3. The van der Waals surface area contributed by atoms with Crippen molar-refractivity contribution in [2.75, 3.05) is 11.1 Å². The fourth-order valence-electron chi connectivity index (χ4n) is 3.37. The molecule has 0 atom stereocenters. The van der Waals surface area contributed by atoms with Crippen molar-refractivity contribution in [3.8, 4) is 0 Å². The van der Waals surface area contributed by atoms with E-state index in [2.05, 4.69) is 17.2 Å². The number of thiophene rings is 1. The van der Waals surface area contributed by atoms with Gasteiger partial charge in [-0.3, -0.25) is 14.2 Å². The monoisotopic (exact) mass is 452 g/mol. The number of thioether (sulfide) groups is 1. The zero-order valence-corrected chi connectivity index (χ0v) is 19.4. The third-order valence-electron chi connectivity index (χ3n) is 5.26. The third kappa shape index (κ3) is 4.36. The Morgan fingerprint density at radius 3 is 2.87 bits per heavy atom. The summed E-state index contributed by atoms with van der Waals surface area (Å²) in [6.45, 7) is 6.68. The molecule has 3 heterocycles. The van der Waals surface area contributed by atoms with E-state index in [0.717, 1.165) is 39.9 Å². The number of nitrogens with zero attached hydrogens (tertiary/aromatic N) is 3. The first kappa shape index (κ1) is 21.5. The molecule has 4 rings (SSSR count). The Balaban J connectivity index is 1.65. The van der Waals surface area contributed by atoms with E-state index in [0.29, 0.717) is 21.9 Å². The Labute approximate surface area is 188 Å². The van der Waals surface area contributed by atoms with Crippen LogP contribution in [0.5, 0.6) is 0 Å². The number of carbonyl (C=O) groups excluding carboxylic acids is 1. The number of nitrogens with one attached hydrogen (secondary N) is 1. The van der Waals surface area contributed by atoms with Crippen molar-refractivity contribution >= 4 is 55.1 Å². The largest absolute Gasteiger partial charge is 0.325 e. The number of hydrogen-bond donors (Lipinski definition) is 1. The van der Waals surface area contributed by atoms with Crippen LogP contribution in [-0.2, 0) is 11.3 Å². The van der Waals surface area contributed by atoms with Gasteiger partial charge in [-0.1, -0.05) is 37.2 Å². The molecular formula is C23H24N4O2S2. The molecule has 0 spiro atoms. The summed E-state index contributed by atoms with van der Waals surface area (Å²) in [7, 11) is 0. The lowest BCUT2D eigenvalue weighted by Gasteiger charge is -2.13. The van der Waals surface area contributed by atoms with E-state index in [9.17, 15) is 9.59 Å². The Hall–Kier alpha value is -2.71. The minimum atomic E-state index is -0.119. The van der Waals surface area contributed by atoms with Crippen molar-refractivity contribution in [2.24, 2.45) is 0 Å². The highest BCUT2D eigenvalue weighted by Crippen LogP contribution is 2.30. The van der Waals surface area contributed by atoms with E-state index >= 15 is 0 Å². The average Bonchev–Trinajstić information content (AvgIpc) is 3.14. The summed E-state index contributed by atoms with van der Waals surface area (Å²) < 4.78 is 2.32. The molecule has 0 saturated heterocycles. The van der Waals surface area contributed by atoms with Crippen molar-refractivity contribution in [3.05, 3.63) is 58.0 Å². The number of amides is 1. The molecule has 0 aliphatic rings. The topological polar surface area (TPSA) is 76.9 Å². The van der Waals surface area contributed by atoms with Gasteiger partial charge in [-0.2, -0.15) is 0 Å². The molecular weight excluding hydrogens is 428 g/mol. The Morgan fingerprint density at radius 1 is 1.23 bits per heavy atom. The molecule has 0 radical (unpaired) electrons. The van der Waals surface area contributed by atoms with E-state index in [1.54, 1.807) is 10.8 Å². The predicted molar refractivity (Wildman–Crippen MR) is 129 cm³/mol. The first-order valence-electron chi connectivity index (χ1n) is 10.3. The van der Waals surface area contributed by atoms with E-state index < -0.39 is 0 Å². The summed E-state index contributed by atoms with van der Waals surface area (Å²) in [5.74, 6) is 0.0598. The molecule has 3 aromatic heterocycles. The molecule has 1 N–H and O–H groups in total. The highest BCUT2D eigenvalue weighted by Gasteiger charge is 2.17. The number of carbonyl (C=O) groups is 1. The number of pyridine rings is 1.